The summed E-state index contributed by atoms with van der Waals surface area (Å²) >= 11 is 1.81. The molecule has 0 unspecified atom stereocenters. The van der Waals surface area contributed by atoms with Crippen LogP contribution in [0, 0.1) is 47.3 Å². The second-order valence-electron chi connectivity index (χ2n) is 21.6. The number of hydrogen-bond donors (Lipinski definition) is 6. The van der Waals surface area contributed by atoms with Crippen molar-refractivity contribution in [1.29, 1.82) is 0 Å². The van der Waals surface area contributed by atoms with E-state index in [2.05, 4.69) is 17.2 Å². The third-order valence-corrected chi connectivity index (χ3v) is 15.8. The summed E-state index contributed by atoms with van der Waals surface area (Å²) < 4.78 is 11.0. The molecule has 0 aromatic rings. The lowest BCUT2D eigenvalue weighted by Crippen LogP contribution is -2.35. The Morgan fingerprint density at radius 2 is 0.961 bits per heavy atom. The highest BCUT2D eigenvalue weighted by molar-refractivity contribution is 14.1. The van der Waals surface area contributed by atoms with Crippen LogP contribution in [0.4, 0.5) is 9.59 Å². The molecule has 0 aromatic carbocycles. The Labute approximate surface area is 468 Å². The van der Waals surface area contributed by atoms with Gasteiger partial charge in [0.05, 0.1) is 15.8 Å². The molecule has 4 amide bonds. The summed E-state index contributed by atoms with van der Waals surface area (Å²) in [5, 5.41) is 27.4. The van der Waals surface area contributed by atoms with E-state index < -0.39 is 54.2 Å². The molecule has 2 heterocycles. The van der Waals surface area contributed by atoms with Crippen LogP contribution in [0.2, 0.25) is 0 Å². The smallest absolute Gasteiger partial charge is 0.405 e. The van der Waals surface area contributed by atoms with Crippen LogP contribution in [0.15, 0.2) is 126 Å². The number of amides is 4. The molecule has 420 valence electrons. The summed E-state index contributed by atoms with van der Waals surface area (Å²) in [4.78, 5) is 102. The molecule has 8 N–H and O–H groups in total. The van der Waals surface area contributed by atoms with E-state index >= 15 is 0 Å². The molecule has 2 aliphatic heterocycles. The van der Waals surface area contributed by atoms with Gasteiger partial charge in [-0.15, -0.1) is 0 Å². The maximum atomic E-state index is 13.5. The average Bonchev–Trinajstić information content (AvgIpc) is 3.35. The zero-order chi connectivity index (χ0) is 58.5. The van der Waals surface area contributed by atoms with Crippen LogP contribution >= 0.6 is 22.6 Å². The number of aliphatic hydroxyl groups excluding tert-OH is 2. The molecule has 0 spiro atoms. The fourth-order valence-corrected chi connectivity index (χ4v) is 11.1. The van der Waals surface area contributed by atoms with Gasteiger partial charge in [0.15, 0.2) is 11.6 Å². The van der Waals surface area contributed by atoms with Gasteiger partial charge >= 0.3 is 12.2 Å². The number of nitrogens with two attached hydrogens (primary N) is 2. The quantitative estimate of drug-likeness (QED) is 0.0876. The highest BCUT2D eigenvalue weighted by Gasteiger charge is 2.36. The Morgan fingerprint density at radius 3 is 1.34 bits per heavy atom. The second-order valence-corrected chi connectivity index (χ2v) is 22.7. The van der Waals surface area contributed by atoms with E-state index in [0.717, 1.165) is 11.1 Å². The summed E-state index contributed by atoms with van der Waals surface area (Å²) in [7, 11) is 0. The lowest BCUT2D eigenvalue weighted by atomic mass is 9.79. The largest absolute Gasteiger partial charge is 0.441 e. The monoisotopic (exact) mass is 1180 g/mol. The predicted octanol–water partition coefficient (Wildman–Crippen LogP) is 9.45. The number of fused-ring (bicyclic) bond motifs is 4. The van der Waals surface area contributed by atoms with Gasteiger partial charge in [-0.05, 0) is 125 Å². The first kappa shape index (κ1) is 65.2. The Hall–Kier alpha value is -6.05. The molecule has 0 saturated heterocycles. The van der Waals surface area contributed by atoms with Crippen LogP contribution < -0.4 is 22.1 Å². The number of primary amides is 2. The molecule has 0 radical (unpaired) electrons. The van der Waals surface area contributed by atoms with Gasteiger partial charge in [-0.3, -0.25) is 28.8 Å². The fourth-order valence-electron chi connectivity index (χ4n) is 10.3. The molecular weight excluding hydrogens is 1100 g/mol. The van der Waals surface area contributed by atoms with Gasteiger partial charge in [0, 0.05) is 62.7 Å². The van der Waals surface area contributed by atoms with Gasteiger partial charge in [0.1, 0.15) is 23.6 Å². The molecule has 77 heavy (non-hydrogen) atoms. The van der Waals surface area contributed by atoms with Crippen molar-refractivity contribution in [3.8, 4) is 0 Å². The molecular formula is C60H81IN4O12. The number of halogens is 1. The third-order valence-electron chi connectivity index (χ3n) is 14.7. The zero-order valence-corrected chi connectivity index (χ0v) is 49.3. The zero-order valence-electron chi connectivity index (χ0n) is 47.2. The Balaban J connectivity index is 0.000000405. The van der Waals surface area contributed by atoms with Crippen molar-refractivity contribution >= 4 is 69.7 Å². The number of ether oxygens (including phenoxy) is 2. The Morgan fingerprint density at radius 1 is 0.597 bits per heavy atom. The molecule has 12 atom stereocenters. The summed E-state index contributed by atoms with van der Waals surface area (Å²) in [5.74, 6) is -3.76. The number of rotatable bonds is 3. The molecule has 0 aromatic heterocycles. The maximum absolute atomic E-state index is 13.5. The molecule has 4 bridgehead atoms. The topological polar surface area (TPSA) is 272 Å². The molecule has 0 saturated carbocycles. The van der Waals surface area contributed by atoms with Crippen molar-refractivity contribution in [2.45, 2.75) is 147 Å². The average molecular weight is 1180 g/mol. The maximum Gasteiger partial charge on any atom is 0.405 e. The number of hydrogen-bond acceptors (Lipinski definition) is 12. The molecule has 4 aliphatic rings. The molecule has 16 nitrogen and oxygen atoms in total. The molecule has 4 rings (SSSR count). The number of allylic oxidation sites excluding steroid dienone is 11. The summed E-state index contributed by atoms with van der Waals surface area (Å²) in [5.41, 5.74) is 14.3. The Kier molecular flexibility index (Phi) is 24.6. The minimum absolute atomic E-state index is 0.00661. The number of Topliss-reactive ketones (excluding diaryl/α,β-unsaturated/α-hetero) is 4. The van der Waals surface area contributed by atoms with Crippen LogP contribution in [-0.2, 0) is 38.2 Å². The number of nitrogens with one attached hydrogen (secondary N) is 2. The lowest BCUT2D eigenvalue weighted by Gasteiger charge is -2.28. The molecule has 2 aliphatic carbocycles. The van der Waals surface area contributed by atoms with Crippen molar-refractivity contribution in [2.24, 2.45) is 58.8 Å². The first-order chi connectivity index (χ1) is 35.8. The van der Waals surface area contributed by atoms with Crippen molar-refractivity contribution in [3.05, 3.63) is 126 Å². The fraction of sp³-hybridized carbons (Fsp3) is 0.500. The van der Waals surface area contributed by atoms with Gasteiger partial charge < -0.3 is 41.8 Å². The summed E-state index contributed by atoms with van der Waals surface area (Å²) in [6.07, 6.45) is 12.5. The first-order valence-electron chi connectivity index (χ1n) is 26.2. The summed E-state index contributed by atoms with van der Waals surface area (Å²) in [6.45, 7) is 29.1. The van der Waals surface area contributed by atoms with Gasteiger partial charge in [0.2, 0.25) is 11.6 Å². The summed E-state index contributed by atoms with van der Waals surface area (Å²) in [6, 6.07) is 0. The van der Waals surface area contributed by atoms with Crippen LogP contribution in [0.3, 0.4) is 0 Å². The molecule has 17 heteroatoms. The highest BCUT2D eigenvalue weighted by Crippen LogP contribution is 2.35. The van der Waals surface area contributed by atoms with E-state index in [1.165, 1.54) is 6.08 Å². The minimum atomic E-state index is -0.908. The number of aliphatic hydroxyl groups is 2. The number of carbonyl (C=O) groups is 8. The van der Waals surface area contributed by atoms with Crippen LogP contribution in [-0.4, -0.2) is 81.8 Å². The predicted molar refractivity (Wildman–Crippen MR) is 306 cm³/mol. The standard InChI is InChI=1S/C31H42N2O6.C29H39IN2O6/c1-9-23-25-28(36)24(22(8)27(23)35)14-16(2)13-19(5)26(34)20(6)15-21(7)29(39-31(32)38)17(3)11-10-12-18(4)30(37)33-25;1-14-11-17(4)24(33)18(5)13-19(6)27(38-29(31)37)15(2)9-8-10-16(3)28(36)32-23-22(30)25(34)20(7)21(12-14)26(23)35/h9-12,15-17,19-20,26,29,34H,1,13-14H2,2-8H3,(H2,32,38)(H,33,37);8-10,13-15,17-18,24,27,33H,11-12H2,1-7H3,(H2,31,37)(H,32,36)/b11-10-,18-12+,21-15+;9-8-,16-10+,19-13+/t16-,17-,19-,20-,26-,29+;14-,15-,17-,18-,24-,27+/m00/s1. The van der Waals surface area contributed by atoms with E-state index in [0.29, 0.717) is 59.1 Å². The SMILES string of the molecule is C=CC1=C2NC(=O)/C(C)=C/C=C\[C@H](C)[C@@H](OC(N)=O)/C(C)=C/[C@H](C)[C@@H](O)[C@@H](C)C[C@H](C)CC(=C(C)C1=O)C2=O.CC1=C2C[C@@H](C)C[C@H](C)[C@H](O)[C@@H](C)/C=C(\C)[C@H](OC(N)=O)[C@@H](C)/C=C\C=C(/C)C(=O)NC(=C(I)C1=O)C2=O. The number of ketones is 4. The van der Waals surface area contributed by atoms with Gasteiger partial charge in [0.25, 0.3) is 11.8 Å². The van der Waals surface area contributed by atoms with E-state index in [1.54, 1.807) is 64.2 Å². The highest BCUT2D eigenvalue weighted by atomic mass is 127. The minimum Gasteiger partial charge on any atom is -0.441 e. The van der Waals surface area contributed by atoms with Crippen molar-refractivity contribution < 1.29 is 58.0 Å². The van der Waals surface area contributed by atoms with Gasteiger partial charge in [-0.1, -0.05) is 117 Å². The normalized spacial score (nSPS) is 33.8. The van der Waals surface area contributed by atoms with Crippen molar-refractivity contribution in [3.63, 3.8) is 0 Å². The lowest BCUT2D eigenvalue weighted by molar-refractivity contribution is -0.120. The third kappa shape index (κ3) is 17.5. The van der Waals surface area contributed by atoms with Crippen LogP contribution in [0.25, 0.3) is 0 Å². The van der Waals surface area contributed by atoms with E-state index in [1.807, 2.05) is 104 Å². The first-order valence-corrected chi connectivity index (χ1v) is 27.2. The van der Waals surface area contributed by atoms with E-state index in [9.17, 15) is 48.6 Å². The number of carbonyl (C=O) groups excluding carboxylic acids is 8. The second kappa shape index (κ2) is 29.1. The van der Waals surface area contributed by atoms with Gasteiger partial charge in [-0.2, -0.15) is 0 Å². The van der Waals surface area contributed by atoms with Crippen molar-refractivity contribution in [2.75, 3.05) is 0 Å². The van der Waals surface area contributed by atoms with Crippen molar-refractivity contribution in [1.82, 2.24) is 10.6 Å². The van der Waals surface area contributed by atoms with E-state index in [-0.39, 0.29) is 85.2 Å². The Bertz CT molecular complexity index is 2690. The molecule has 0 fully saturated rings. The van der Waals surface area contributed by atoms with Crippen LogP contribution in [0.1, 0.15) is 123 Å². The van der Waals surface area contributed by atoms with Gasteiger partial charge in [-0.25, -0.2) is 9.59 Å². The van der Waals surface area contributed by atoms with E-state index in [4.69, 9.17) is 20.9 Å². The van der Waals surface area contributed by atoms with Crippen LogP contribution in [0.5, 0.6) is 0 Å².